The summed E-state index contributed by atoms with van der Waals surface area (Å²) in [7, 11) is 0. The molecule has 1 N–H and O–H groups in total. The van der Waals surface area contributed by atoms with E-state index in [0.717, 1.165) is 40.9 Å². The zero-order chi connectivity index (χ0) is 19.1. The van der Waals surface area contributed by atoms with Gasteiger partial charge in [0.1, 0.15) is 5.52 Å². The first-order valence-electron chi connectivity index (χ1n) is 9.62. The molecule has 0 aliphatic carbocycles. The Morgan fingerprint density at radius 3 is 2.54 bits per heavy atom. The number of aromatic nitrogens is 2. The van der Waals surface area contributed by atoms with Gasteiger partial charge in [-0.3, -0.25) is 0 Å². The molecule has 3 heterocycles. The average molecular weight is 398 g/mol. The SMILES string of the molecule is O=S(O)c1ccc(-c2cc(N3CC(CN4CCCC4)C3)c3nonc3c2)cc1. The number of nitrogens with zero attached hydrogens (tertiary/aromatic N) is 4. The predicted octanol–water partition coefficient (Wildman–Crippen LogP) is 3.00. The van der Waals surface area contributed by atoms with Gasteiger partial charge in [0.2, 0.25) is 0 Å². The zero-order valence-corrected chi connectivity index (χ0v) is 16.3. The van der Waals surface area contributed by atoms with Crippen molar-refractivity contribution >= 4 is 27.8 Å². The summed E-state index contributed by atoms with van der Waals surface area (Å²) in [5.74, 6) is 0.690. The van der Waals surface area contributed by atoms with Crippen LogP contribution in [0.1, 0.15) is 12.8 Å². The maximum atomic E-state index is 11.2. The quantitative estimate of drug-likeness (QED) is 0.662. The highest BCUT2D eigenvalue weighted by molar-refractivity contribution is 7.79. The minimum atomic E-state index is -1.97. The van der Waals surface area contributed by atoms with Gasteiger partial charge < -0.3 is 14.4 Å². The molecule has 8 heteroatoms. The van der Waals surface area contributed by atoms with Crippen molar-refractivity contribution in [2.24, 2.45) is 5.92 Å². The predicted molar refractivity (Wildman–Crippen MR) is 108 cm³/mol. The van der Waals surface area contributed by atoms with Crippen LogP contribution < -0.4 is 4.90 Å². The zero-order valence-electron chi connectivity index (χ0n) is 15.5. The third-order valence-corrected chi connectivity index (χ3v) is 6.42. The van der Waals surface area contributed by atoms with Crippen molar-refractivity contribution in [1.29, 1.82) is 0 Å². The Hall–Kier alpha value is -2.29. The van der Waals surface area contributed by atoms with E-state index >= 15 is 0 Å². The molecule has 1 atom stereocenters. The highest BCUT2D eigenvalue weighted by atomic mass is 32.2. The molecule has 0 bridgehead atoms. The maximum absolute atomic E-state index is 11.2. The minimum absolute atomic E-state index is 0.389. The third-order valence-electron chi connectivity index (χ3n) is 5.74. The smallest absolute Gasteiger partial charge is 0.186 e. The van der Waals surface area contributed by atoms with Crippen molar-refractivity contribution in [3.05, 3.63) is 36.4 Å². The van der Waals surface area contributed by atoms with E-state index in [9.17, 15) is 8.76 Å². The second-order valence-corrected chi connectivity index (χ2v) is 8.65. The molecule has 0 radical (unpaired) electrons. The summed E-state index contributed by atoms with van der Waals surface area (Å²) in [6.07, 6.45) is 2.65. The normalized spacial score (nSPS) is 19.2. The van der Waals surface area contributed by atoms with Gasteiger partial charge in [0.15, 0.2) is 16.6 Å². The number of likely N-dealkylation sites (tertiary alicyclic amines) is 1. The van der Waals surface area contributed by atoms with Gasteiger partial charge in [0, 0.05) is 25.6 Å². The lowest BCUT2D eigenvalue weighted by Crippen LogP contribution is -2.51. The van der Waals surface area contributed by atoms with Crippen LogP contribution in [0.2, 0.25) is 0 Å². The van der Waals surface area contributed by atoms with Crippen LogP contribution in [0.4, 0.5) is 5.69 Å². The average Bonchev–Trinajstić information content (AvgIpc) is 3.35. The van der Waals surface area contributed by atoms with Crippen molar-refractivity contribution < 1.29 is 13.4 Å². The fraction of sp³-hybridized carbons (Fsp3) is 0.400. The summed E-state index contributed by atoms with van der Waals surface area (Å²) >= 11 is -1.97. The number of fused-ring (bicyclic) bond motifs is 1. The topological polar surface area (TPSA) is 82.7 Å². The third kappa shape index (κ3) is 3.32. The number of benzene rings is 2. The number of anilines is 1. The van der Waals surface area contributed by atoms with E-state index in [-0.39, 0.29) is 0 Å². The van der Waals surface area contributed by atoms with Crippen LogP contribution in [0.25, 0.3) is 22.2 Å². The molecule has 146 valence electrons. The molecule has 2 aliphatic rings. The highest BCUT2D eigenvalue weighted by Gasteiger charge is 2.31. The Bertz CT molecular complexity index is 1010. The van der Waals surface area contributed by atoms with E-state index < -0.39 is 11.1 Å². The lowest BCUT2D eigenvalue weighted by atomic mass is 9.96. The summed E-state index contributed by atoms with van der Waals surface area (Å²) in [6.45, 7) is 5.68. The van der Waals surface area contributed by atoms with Gasteiger partial charge in [-0.2, -0.15) is 0 Å². The fourth-order valence-electron chi connectivity index (χ4n) is 4.26. The number of hydrogen-bond donors (Lipinski definition) is 1. The van der Waals surface area contributed by atoms with Crippen LogP contribution in [-0.2, 0) is 11.1 Å². The van der Waals surface area contributed by atoms with E-state index in [4.69, 9.17) is 4.63 Å². The Kier molecular flexibility index (Phi) is 4.62. The van der Waals surface area contributed by atoms with Gasteiger partial charge in [-0.15, -0.1) is 0 Å². The Labute approximate surface area is 165 Å². The number of rotatable bonds is 5. The number of hydrogen-bond acceptors (Lipinski definition) is 6. The summed E-state index contributed by atoms with van der Waals surface area (Å²) in [6, 6.07) is 11.1. The second kappa shape index (κ2) is 7.27. The Morgan fingerprint density at radius 2 is 1.82 bits per heavy atom. The molecular weight excluding hydrogens is 376 g/mol. The molecule has 3 aromatic rings. The first-order chi connectivity index (χ1) is 13.7. The van der Waals surface area contributed by atoms with Gasteiger partial charge in [0.05, 0.1) is 10.6 Å². The van der Waals surface area contributed by atoms with Gasteiger partial charge in [-0.1, -0.05) is 12.1 Å². The lowest BCUT2D eigenvalue weighted by molar-refractivity contribution is 0.247. The molecule has 5 rings (SSSR count). The Morgan fingerprint density at radius 1 is 1.07 bits per heavy atom. The van der Waals surface area contributed by atoms with E-state index in [1.54, 1.807) is 12.1 Å². The summed E-state index contributed by atoms with van der Waals surface area (Å²) in [5, 5.41) is 8.16. The Balaban J connectivity index is 1.40. The van der Waals surface area contributed by atoms with Gasteiger partial charge >= 0.3 is 0 Å². The molecule has 2 aromatic carbocycles. The first kappa shape index (κ1) is 17.8. The first-order valence-corrected chi connectivity index (χ1v) is 10.7. The lowest BCUT2D eigenvalue weighted by Gasteiger charge is -2.42. The van der Waals surface area contributed by atoms with E-state index in [0.29, 0.717) is 10.8 Å². The van der Waals surface area contributed by atoms with E-state index in [2.05, 4.69) is 26.2 Å². The van der Waals surface area contributed by atoms with Crippen molar-refractivity contribution in [3.8, 4) is 11.1 Å². The second-order valence-electron chi connectivity index (χ2n) is 7.68. The van der Waals surface area contributed by atoms with Crippen LogP contribution in [0, 0.1) is 5.92 Å². The molecule has 2 fully saturated rings. The van der Waals surface area contributed by atoms with Crippen molar-refractivity contribution in [2.75, 3.05) is 37.6 Å². The largest absolute Gasteiger partial charge is 0.369 e. The van der Waals surface area contributed by atoms with Crippen molar-refractivity contribution in [3.63, 3.8) is 0 Å². The molecule has 0 spiro atoms. The van der Waals surface area contributed by atoms with E-state index in [1.165, 1.54) is 32.5 Å². The van der Waals surface area contributed by atoms with Crippen molar-refractivity contribution in [1.82, 2.24) is 15.2 Å². The van der Waals surface area contributed by atoms with Crippen molar-refractivity contribution in [2.45, 2.75) is 17.7 Å². The van der Waals surface area contributed by atoms with Gasteiger partial charge in [-0.25, -0.2) is 8.84 Å². The molecule has 0 saturated carbocycles. The minimum Gasteiger partial charge on any atom is -0.369 e. The van der Waals surface area contributed by atoms with Crippen LogP contribution in [-0.4, -0.2) is 56.7 Å². The van der Waals surface area contributed by atoms with Crippen LogP contribution >= 0.6 is 0 Å². The molecule has 1 unspecified atom stereocenters. The summed E-state index contributed by atoms with van der Waals surface area (Å²) in [5.41, 5.74) is 4.52. The molecule has 0 amide bonds. The fourth-order valence-corrected chi connectivity index (χ4v) is 4.63. The van der Waals surface area contributed by atoms with Crippen LogP contribution in [0.3, 0.4) is 0 Å². The van der Waals surface area contributed by atoms with Gasteiger partial charge in [-0.05, 0) is 71.6 Å². The molecule has 28 heavy (non-hydrogen) atoms. The molecule has 2 aliphatic heterocycles. The monoisotopic (exact) mass is 398 g/mol. The standard InChI is InChI=1S/C20H22N4O3S/c25-28(26)17-5-3-15(4-6-17)16-9-18-20(22-27-21-18)19(10-16)24-12-14(13-24)11-23-7-1-2-8-23/h3-6,9-10,14H,1-2,7-8,11-13H2,(H,25,26). The molecule has 7 nitrogen and oxygen atoms in total. The van der Waals surface area contributed by atoms with E-state index in [1.807, 2.05) is 18.2 Å². The van der Waals surface area contributed by atoms with Crippen LogP contribution in [0.15, 0.2) is 45.9 Å². The summed E-state index contributed by atoms with van der Waals surface area (Å²) in [4.78, 5) is 5.30. The van der Waals surface area contributed by atoms with Gasteiger partial charge in [0.25, 0.3) is 0 Å². The highest BCUT2D eigenvalue weighted by Crippen LogP contribution is 2.35. The maximum Gasteiger partial charge on any atom is 0.186 e. The molecule has 1 aromatic heterocycles. The summed E-state index contributed by atoms with van der Waals surface area (Å²) < 4.78 is 25.4. The molecular formula is C20H22N4O3S. The van der Waals surface area contributed by atoms with Crippen LogP contribution in [0.5, 0.6) is 0 Å². The molecule has 2 saturated heterocycles.